The lowest BCUT2D eigenvalue weighted by atomic mass is 10.3. The van der Waals surface area contributed by atoms with Crippen LogP contribution in [0.15, 0.2) is 0 Å². The van der Waals surface area contributed by atoms with Crippen LogP contribution in [0.25, 0.3) is 0 Å². The van der Waals surface area contributed by atoms with Gasteiger partial charge in [-0.1, -0.05) is 12.8 Å². The predicted octanol–water partition coefficient (Wildman–Crippen LogP) is 1.50. The Morgan fingerprint density at radius 2 is 1.79 bits per heavy atom. The van der Waals surface area contributed by atoms with Crippen molar-refractivity contribution in [2.45, 2.75) is 55.2 Å². The summed E-state index contributed by atoms with van der Waals surface area (Å²) in [5.74, 6) is -0.245. The van der Waals surface area contributed by atoms with Gasteiger partial charge in [-0.05, 0) is 31.6 Å². The molecule has 2 unspecified atom stereocenters. The first-order valence-electron chi connectivity index (χ1n) is 6.88. The van der Waals surface area contributed by atoms with E-state index in [9.17, 15) is 18.3 Å². The Kier molecular flexibility index (Phi) is 3.55. The second kappa shape index (κ2) is 4.93. The van der Waals surface area contributed by atoms with E-state index in [1.807, 2.05) is 0 Å². The zero-order valence-corrected chi connectivity index (χ0v) is 12.3. The molecule has 0 aromatic rings. The smallest absolute Gasteiger partial charge is 0.322 e. The number of rotatable bonds is 4. The molecule has 0 aromatic carbocycles. The van der Waals surface area contributed by atoms with Crippen molar-refractivity contribution in [1.29, 1.82) is 0 Å². The first-order valence-corrected chi connectivity index (χ1v) is 9.44. The van der Waals surface area contributed by atoms with Gasteiger partial charge in [0.1, 0.15) is 6.04 Å². The van der Waals surface area contributed by atoms with Gasteiger partial charge in [-0.15, -0.1) is 11.8 Å². The van der Waals surface area contributed by atoms with Crippen LogP contribution in [0.1, 0.15) is 38.5 Å². The summed E-state index contributed by atoms with van der Waals surface area (Å²) in [6.07, 6.45) is 5.31. The summed E-state index contributed by atoms with van der Waals surface area (Å²) in [6, 6.07) is -0.860. The van der Waals surface area contributed by atoms with Crippen LogP contribution in [0.2, 0.25) is 0 Å². The highest BCUT2D eigenvalue weighted by Crippen LogP contribution is 2.47. The van der Waals surface area contributed by atoms with Crippen molar-refractivity contribution in [3.63, 3.8) is 0 Å². The van der Waals surface area contributed by atoms with E-state index < -0.39 is 22.0 Å². The molecule has 0 bridgehead atoms. The van der Waals surface area contributed by atoms with Crippen LogP contribution in [0.3, 0.4) is 0 Å². The zero-order chi connectivity index (χ0) is 13.6. The standard InChI is InChI=1S/C12H19NO4S2/c14-12(15)10-7-18-11(8-5-6-8)13(10)19(16,17)9-3-1-2-4-9/h8-11H,1-7H2,(H,14,15). The third-order valence-corrected chi connectivity index (χ3v) is 8.29. The number of hydrogen-bond acceptors (Lipinski definition) is 4. The molecule has 19 heavy (non-hydrogen) atoms. The summed E-state index contributed by atoms with van der Waals surface area (Å²) in [7, 11) is -3.46. The van der Waals surface area contributed by atoms with Gasteiger partial charge in [-0.25, -0.2) is 8.42 Å². The lowest BCUT2D eigenvalue weighted by Crippen LogP contribution is -2.49. The number of carbonyl (C=O) groups is 1. The van der Waals surface area contributed by atoms with Crippen LogP contribution in [0, 0.1) is 5.92 Å². The average molecular weight is 305 g/mol. The molecule has 0 radical (unpaired) electrons. The third-order valence-electron chi connectivity index (χ3n) is 4.31. The molecular weight excluding hydrogens is 286 g/mol. The first-order chi connectivity index (χ1) is 9.01. The van der Waals surface area contributed by atoms with Crippen LogP contribution < -0.4 is 0 Å². The van der Waals surface area contributed by atoms with Gasteiger partial charge in [0, 0.05) is 5.75 Å². The van der Waals surface area contributed by atoms with Gasteiger partial charge in [-0.3, -0.25) is 4.79 Å². The van der Waals surface area contributed by atoms with Crippen molar-refractivity contribution in [3.05, 3.63) is 0 Å². The van der Waals surface area contributed by atoms with Gasteiger partial charge in [0.25, 0.3) is 0 Å². The van der Waals surface area contributed by atoms with Crippen LogP contribution in [-0.4, -0.2) is 46.2 Å². The molecule has 2 aliphatic carbocycles. The zero-order valence-electron chi connectivity index (χ0n) is 10.7. The van der Waals surface area contributed by atoms with Crippen molar-refractivity contribution in [2.24, 2.45) is 5.92 Å². The number of thioether (sulfide) groups is 1. The molecule has 2 atom stereocenters. The van der Waals surface area contributed by atoms with Gasteiger partial charge in [0.2, 0.25) is 10.0 Å². The maximum absolute atomic E-state index is 12.7. The highest BCUT2D eigenvalue weighted by molar-refractivity contribution is 8.01. The van der Waals surface area contributed by atoms with Crippen LogP contribution in [-0.2, 0) is 14.8 Å². The van der Waals surface area contributed by atoms with Crippen LogP contribution in [0.5, 0.6) is 0 Å². The molecule has 0 amide bonds. The Morgan fingerprint density at radius 3 is 2.32 bits per heavy atom. The molecule has 3 rings (SSSR count). The number of hydrogen-bond donors (Lipinski definition) is 1. The van der Waals surface area contributed by atoms with E-state index in [1.54, 1.807) is 0 Å². The summed E-state index contributed by atoms with van der Waals surface area (Å²) in [4.78, 5) is 11.3. The van der Waals surface area contributed by atoms with Gasteiger partial charge in [-0.2, -0.15) is 4.31 Å². The first kappa shape index (κ1) is 13.7. The molecule has 3 aliphatic rings. The number of aliphatic carboxylic acids is 1. The van der Waals surface area contributed by atoms with Crippen molar-refractivity contribution < 1.29 is 18.3 Å². The van der Waals surface area contributed by atoms with E-state index in [0.717, 1.165) is 25.7 Å². The minimum Gasteiger partial charge on any atom is -0.480 e. The molecule has 3 fully saturated rings. The third kappa shape index (κ3) is 2.40. The van der Waals surface area contributed by atoms with Crippen molar-refractivity contribution in [2.75, 3.05) is 5.75 Å². The molecule has 108 valence electrons. The maximum Gasteiger partial charge on any atom is 0.322 e. The Balaban J connectivity index is 1.90. The van der Waals surface area contributed by atoms with Crippen LogP contribution >= 0.6 is 11.8 Å². The Hall–Kier alpha value is -0.270. The summed E-state index contributed by atoms with van der Waals surface area (Å²) < 4.78 is 26.8. The molecule has 5 nitrogen and oxygen atoms in total. The Morgan fingerprint density at radius 1 is 1.16 bits per heavy atom. The molecule has 0 spiro atoms. The van der Waals surface area contributed by atoms with E-state index in [1.165, 1.54) is 16.1 Å². The van der Waals surface area contributed by atoms with E-state index in [0.29, 0.717) is 24.5 Å². The van der Waals surface area contributed by atoms with Crippen molar-refractivity contribution >= 4 is 27.8 Å². The fourth-order valence-corrected chi connectivity index (χ4v) is 7.51. The summed E-state index contributed by atoms with van der Waals surface area (Å²) in [5.41, 5.74) is 0. The number of nitrogens with zero attached hydrogens (tertiary/aromatic N) is 1. The van der Waals surface area contributed by atoms with E-state index in [4.69, 9.17) is 0 Å². The van der Waals surface area contributed by atoms with Gasteiger partial charge < -0.3 is 5.11 Å². The lowest BCUT2D eigenvalue weighted by Gasteiger charge is -2.29. The largest absolute Gasteiger partial charge is 0.480 e. The molecule has 1 N–H and O–H groups in total. The second-order valence-corrected chi connectivity index (χ2v) is 8.96. The van der Waals surface area contributed by atoms with E-state index in [2.05, 4.69) is 0 Å². The monoisotopic (exact) mass is 305 g/mol. The summed E-state index contributed by atoms with van der Waals surface area (Å²) in [6.45, 7) is 0. The molecule has 1 heterocycles. The van der Waals surface area contributed by atoms with Gasteiger partial charge in [0.15, 0.2) is 0 Å². The molecule has 7 heteroatoms. The number of sulfonamides is 1. The lowest BCUT2D eigenvalue weighted by molar-refractivity contribution is -0.140. The van der Waals surface area contributed by atoms with E-state index in [-0.39, 0.29) is 10.6 Å². The fourth-order valence-electron chi connectivity index (χ4n) is 3.10. The second-order valence-electron chi connectivity index (χ2n) is 5.70. The fraction of sp³-hybridized carbons (Fsp3) is 0.917. The Bertz CT molecular complexity index is 468. The van der Waals surface area contributed by atoms with Gasteiger partial charge >= 0.3 is 5.97 Å². The molecule has 1 aliphatic heterocycles. The molecule has 2 saturated carbocycles. The minimum absolute atomic E-state index is 0.133. The summed E-state index contributed by atoms with van der Waals surface area (Å²) in [5, 5.41) is 8.81. The summed E-state index contributed by atoms with van der Waals surface area (Å²) >= 11 is 1.51. The Labute approximate surface area is 117 Å². The highest BCUT2D eigenvalue weighted by Gasteiger charge is 2.53. The molecular formula is C12H19NO4S2. The highest BCUT2D eigenvalue weighted by atomic mass is 32.2. The maximum atomic E-state index is 12.7. The SMILES string of the molecule is O=C(O)C1CSC(C2CC2)N1S(=O)(=O)C1CCCC1. The van der Waals surface area contributed by atoms with Crippen LogP contribution in [0.4, 0.5) is 0 Å². The quantitative estimate of drug-likeness (QED) is 0.852. The molecule has 0 aromatic heterocycles. The van der Waals surface area contributed by atoms with E-state index >= 15 is 0 Å². The number of carboxylic acid groups (broad SMARTS) is 1. The predicted molar refractivity (Wildman–Crippen MR) is 73.4 cm³/mol. The van der Waals surface area contributed by atoms with Crippen molar-refractivity contribution in [3.8, 4) is 0 Å². The van der Waals surface area contributed by atoms with Gasteiger partial charge in [0.05, 0.1) is 10.6 Å². The minimum atomic E-state index is -3.46. The topological polar surface area (TPSA) is 74.7 Å². The normalized spacial score (nSPS) is 33.9. The number of carboxylic acids is 1. The van der Waals surface area contributed by atoms with Crippen molar-refractivity contribution in [1.82, 2.24) is 4.31 Å². The average Bonchev–Trinajstić information content (AvgIpc) is 2.91. The molecule has 1 saturated heterocycles.